The van der Waals surface area contributed by atoms with Gasteiger partial charge in [0.2, 0.25) is 0 Å². The summed E-state index contributed by atoms with van der Waals surface area (Å²) in [7, 11) is 0. The Kier molecular flexibility index (Phi) is 2.63. The van der Waals surface area contributed by atoms with Gasteiger partial charge in [0.15, 0.2) is 0 Å². The number of pyridine rings is 1. The first-order chi connectivity index (χ1) is 7.93. The molecule has 0 radical (unpaired) electrons. The molecule has 0 fully saturated rings. The largest absolute Gasteiger partial charge is 0.252 e. The van der Waals surface area contributed by atoms with Crippen molar-refractivity contribution in [3.63, 3.8) is 0 Å². The Morgan fingerprint density at radius 1 is 1.24 bits per heavy atom. The predicted octanol–water partition coefficient (Wildman–Crippen LogP) is 3.71. The molecular formula is C15H16N2. The van der Waals surface area contributed by atoms with Crippen LogP contribution < -0.4 is 0 Å². The summed E-state index contributed by atoms with van der Waals surface area (Å²) in [5, 5.41) is 10.2. The Morgan fingerprint density at radius 2 is 1.94 bits per heavy atom. The summed E-state index contributed by atoms with van der Waals surface area (Å²) in [5.41, 5.74) is 3.70. The van der Waals surface area contributed by atoms with E-state index >= 15 is 0 Å². The van der Waals surface area contributed by atoms with Crippen molar-refractivity contribution in [1.82, 2.24) is 4.98 Å². The van der Waals surface area contributed by atoms with E-state index < -0.39 is 0 Å². The van der Waals surface area contributed by atoms with E-state index in [1.165, 1.54) is 0 Å². The Labute approximate surface area is 102 Å². The number of rotatable bonds is 0. The molecule has 0 N–H and O–H groups in total. The van der Waals surface area contributed by atoms with Gasteiger partial charge in [-0.1, -0.05) is 39.0 Å². The maximum absolute atomic E-state index is 9.24. The van der Waals surface area contributed by atoms with E-state index in [-0.39, 0.29) is 5.41 Å². The third kappa shape index (κ3) is 2.01. The average molecular weight is 224 g/mol. The molecule has 1 aromatic carbocycles. The van der Waals surface area contributed by atoms with E-state index in [0.717, 1.165) is 22.2 Å². The zero-order valence-electron chi connectivity index (χ0n) is 10.7. The lowest BCUT2D eigenvalue weighted by Gasteiger charge is -2.19. The molecule has 0 atom stereocenters. The van der Waals surface area contributed by atoms with Crippen molar-refractivity contribution in [3.05, 3.63) is 41.1 Å². The normalized spacial score (nSPS) is 11.5. The summed E-state index contributed by atoms with van der Waals surface area (Å²) in [6.45, 7) is 8.37. The monoisotopic (exact) mass is 224 g/mol. The van der Waals surface area contributed by atoms with Crippen LogP contribution >= 0.6 is 0 Å². The molecule has 1 aromatic heterocycles. The number of hydrogen-bond acceptors (Lipinski definition) is 2. The van der Waals surface area contributed by atoms with E-state index in [1.807, 2.05) is 31.2 Å². The van der Waals surface area contributed by atoms with Crippen LogP contribution in [-0.2, 0) is 5.41 Å². The smallest absolute Gasteiger partial charge is 0.0999 e. The fourth-order valence-corrected chi connectivity index (χ4v) is 1.87. The Balaban J connectivity index is 2.87. The Hall–Kier alpha value is -1.88. The van der Waals surface area contributed by atoms with Crippen LogP contribution in [0.3, 0.4) is 0 Å². The molecule has 0 aliphatic carbocycles. The zero-order valence-corrected chi connectivity index (χ0v) is 10.7. The van der Waals surface area contributed by atoms with Crippen LogP contribution in [0.5, 0.6) is 0 Å². The number of hydrogen-bond donors (Lipinski definition) is 0. The number of fused-ring (bicyclic) bond motifs is 1. The van der Waals surface area contributed by atoms with Crippen LogP contribution in [0.1, 0.15) is 37.6 Å². The molecule has 0 unspecified atom stereocenters. The minimum absolute atomic E-state index is 0.0396. The molecule has 1 heterocycles. The van der Waals surface area contributed by atoms with Gasteiger partial charge < -0.3 is 0 Å². The molecule has 0 saturated carbocycles. The van der Waals surface area contributed by atoms with Gasteiger partial charge in [-0.25, -0.2) is 0 Å². The lowest BCUT2D eigenvalue weighted by molar-refractivity contribution is 0.571. The number of aromatic nitrogens is 1. The maximum Gasteiger partial charge on any atom is 0.0999 e. The first-order valence-corrected chi connectivity index (χ1v) is 5.74. The molecule has 2 nitrogen and oxygen atoms in total. The summed E-state index contributed by atoms with van der Waals surface area (Å²) in [6, 6.07) is 10.1. The molecule has 0 amide bonds. The van der Waals surface area contributed by atoms with E-state index in [9.17, 15) is 5.26 Å². The van der Waals surface area contributed by atoms with Gasteiger partial charge in [-0.05, 0) is 18.6 Å². The van der Waals surface area contributed by atoms with Gasteiger partial charge in [-0.2, -0.15) is 5.26 Å². The summed E-state index contributed by atoms with van der Waals surface area (Å²) in [5.74, 6) is 0. The number of nitriles is 1. The molecule has 86 valence electrons. The lowest BCUT2D eigenvalue weighted by atomic mass is 9.89. The third-order valence-corrected chi connectivity index (χ3v) is 2.93. The molecular weight excluding hydrogens is 208 g/mol. The predicted molar refractivity (Wildman–Crippen MR) is 69.9 cm³/mol. The van der Waals surface area contributed by atoms with E-state index in [2.05, 4.69) is 26.8 Å². The second kappa shape index (κ2) is 3.85. The SMILES string of the molecule is Cc1cccc2c(C#N)cc(C(C)(C)C)nc12. The van der Waals surface area contributed by atoms with Gasteiger partial charge in [0, 0.05) is 16.5 Å². The first kappa shape index (κ1) is 11.6. The molecule has 2 aromatic rings. The van der Waals surface area contributed by atoms with Crippen molar-refractivity contribution >= 4 is 10.9 Å². The summed E-state index contributed by atoms with van der Waals surface area (Å²) in [4.78, 5) is 4.70. The van der Waals surface area contributed by atoms with Gasteiger partial charge >= 0.3 is 0 Å². The van der Waals surface area contributed by atoms with Gasteiger partial charge in [-0.15, -0.1) is 0 Å². The molecule has 2 rings (SSSR count). The molecule has 0 bridgehead atoms. The third-order valence-electron chi connectivity index (χ3n) is 2.93. The van der Waals surface area contributed by atoms with E-state index in [4.69, 9.17) is 4.98 Å². The molecule has 0 aliphatic rings. The molecule has 0 aliphatic heterocycles. The maximum atomic E-state index is 9.24. The summed E-state index contributed by atoms with van der Waals surface area (Å²) < 4.78 is 0. The van der Waals surface area contributed by atoms with Crippen molar-refractivity contribution in [2.75, 3.05) is 0 Å². The van der Waals surface area contributed by atoms with Crippen molar-refractivity contribution in [2.45, 2.75) is 33.1 Å². The topological polar surface area (TPSA) is 36.7 Å². The number of para-hydroxylation sites is 1. The quantitative estimate of drug-likeness (QED) is 0.684. The second-order valence-electron chi connectivity index (χ2n) is 5.39. The molecule has 17 heavy (non-hydrogen) atoms. The standard InChI is InChI=1S/C15H16N2/c1-10-6-5-7-12-11(9-16)8-13(15(2,3)4)17-14(10)12/h5-8H,1-4H3. The average Bonchev–Trinajstić information content (AvgIpc) is 2.27. The van der Waals surface area contributed by atoms with Crippen molar-refractivity contribution in [2.24, 2.45) is 0 Å². The van der Waals surface area contributed by atoms with Crippen LogP contribution in [0.4, 0.5) is 0 Å². The molecule has 0 saturated heterocycles. The highest BCUT2D eigenvalue weighted by Crippen LogP contribution is 2.27. The fraction of sp³-hybridized carbons (Fsp3) is 0.333. The van der Waals surface area contributed by atoms with Crippen molar-refractivity contribution < 1.29 is 0 Å². The van der Waals surface area contributed by atoms with Crippen LogP contribution in [0.15, 0.2) is 24.3 Å². The lowest BCUT2D eigenvalue weighted by Crippen LogP contribution is -2.14. The highest BCUT2D eigenvalue weighted by molar-refractivity contribution is 5.87. The van der Waals surface area contributed by atoms with Gasteiger partial charge in [-0.3, -0.25) is 4.98 Å². The summed E-state index contributed by atoms with van der Waals surface area (Å²) >= 11 is 0. The Morgan fingerprint density at radius 3 is 2.53 bits per heavy atom. The van der Waals surface area contributed by atoms with Crippen LogP contribution in [0.2, 0.25) is 0 Å². The first-order valence-electron chi connectivity index (χ1n) is 5.74. The summed E-state index contributed by atoms with van der Waals surface area (Å²) in [6.07, 6.45) is 0. The minimum Gasteiger partial charge on any atom is -0.252 e. The molecule has 0 spiro atoms. The van der Waals surface area contributed by atoms with E-state index in [1.54, 1.807) is 0 Å². The van der Waals surface area contributed by atoms with Crippen LogP contribution in [0.25, 0.3) is 10.9 Å². The highest BCUT2D eigenvalue weighted by Gasteiger charge is 2.18. The second-order valence-corrected chi connectivity index (χ2v) is 5.39. The highest BCUT2D eigenvalue weighted by atomic mass is 14.7. The number of nitrogens with zero attached hydrogens (tertiary/aromatic N) is 2. The van der Waals surface area contributed by atoms with Crippen molar-refractivity contribution in [3.8, 4) is 6.07 Å². The fourth-order valence-electron chi connectivity index (χ4n) is 1.87. The minimum atomic E-state index is -0.0396. The van der Waals surface area contributed by atoms with Gasteiger partial charge in [0.1, 0.15) is 0 Å². The van der Waals surface area contributed by atoms with E-state index in [0.29, 0.717) is 5.56 Å². The van der Waals surface area contributed by atoms with Crippen molar-refractivity contribution in [1.29, 1.82) is 5.26 Å². The zero-order chi connectivity index (χ0) is 12.6. The Bertz CT molecular complexity index is 613. The number of aryl methyl sites for hydroxylation is 1. The number of benzene rings is 1. The van der Waals surface area contributed by atoms with Crippen LogP contribution in [-0.4, -0.2) is 4.98 Å². The van der Waals surface area contributed by atoms with Crippen LogP contribution in [0, 0.1) is 18.3 Å². The van der Waals surface area contributed by atoms with Gasteiger partial charge in [0.05, 0.1) is 17.1 Å². The van der Waals surface area contributed by atoms with Gasteiger partial charge in [0.25, 0.3) is 0 Å². The molecule has 2 heteroatoms.